The fourth-order valence-corrected chi connectivity index (χ4v) is 2.13. The lowest BCUT2D eigenvalue weighted by Gasteiger charge is -2.07. The van der Waals surface area contributed by atoms with Crippen LogP contribution >= 0.6 is 22.9 Å². The number of hydrogen-bond donors (Lipinski definition) is 3. The van der Waals surface area contributed by atoms with Gasteiger partial charge in [0, 0.05) is 17.1 Å². The van der Waals surface area contributed by atoms with Crippen molar-refractivity contribution in [2.45, 2.75) is 6.54 Å². The van der Waals surface area contributed by atoms with Crippen molar-refractivity contribution in [2.24, 2.45) is 0 Å². The lowest BCUT2D eigenvalue weighted by Crippen LogP contribution is -1.97. The molecular formula is C10H9ClN2O2S. The molecule has 0 bridgehead atoms. The Kier molecular flexibility index (Phi) is 3.17. The number of hydrogen-bond acceptors (Lipinski definition) is 5. The van der Waals surface area contributed by atoms with Crippen molar-refractivity contribution in [1.29, 1.82) is 0 Å². The van der Waals surface area contributed by atoms with Crippen LogP contribution in [0.1, 0.15) is 4.88 Å². The van der Waals surface area contributed by atoms with Crippen molar-refractivity contribution in [3.05, 3.63) is 33.7 Å². The van der Waals surface area contributed by atoms with E-state index in [1.165, 1.54) is 29.5 Å². The zero-order valence-electron chi connectivity index (χ0n) is 8.14. The van der Waals surface area contributed by atoms with Crippen molar-refractivity contribution < 1.29 is 10.2 Å². The van der Waals surface area contributed by atoms with Gasteiger partial charge >= 0.3 is 0 Å². The van der Waals surface area contributed by atoms with Crippen molar-refractivity contribution in [3.63, 3.8) is 0 Å². The van der Waals surface area contributed by atoms with Gasteiger partial charge in [-0.15, -0.1) is 11.3 Å². The standard InChI is InChI=1S/C10H9ClN2O2S/c11-10-13-5-7(16-10)4-12-8-3-6(14)1-2-9(8)15/h1-3,5,12,14-15H,4H2. The minimum atomic E-state index is 0.0911. The minimum absolute atomic E-state index is 0.0911. The molecule has 3 N–H and O–H groups in total. The smallest absolute Gasteiger partial charge is 0.183 e. The van der Waals surface area contributed by atoms with Gasteiger partial charge in [0.05, 0.1) is 12.2 Å². The van der Waals surface area contributed by atoms with E-state index >= 15 is 0 Å². The quantitative estimate of drug-likeness (QED) is 0.584. The average Bonchev–Trinajstić information content (AvgIpc) is 2.66. The van der Waals surface area contributed by atoms with Crippen LogP contribution in [0.25, 0.3) is 0 Å². The number of phenols is 2. The normalized spacial score (nSPS) is 10.3. The average molecular weight is 257 g/mol. The molecular weight excluding hydrogens is 248 g/mol. The molecule has 0 aliphatic rings. The number of phenolic OH excluding ortho intramolecular Hbond substituents is 2. The van der Waals surface area contributed by atoms with Gasteiger partial charge < -0.3 is 15.5 Å². The molecule has 0 amide bonds. The van der Waals surface area contributed by atoms with Gasteiger partial charge in [-0.1, -0.05) is 11.6 Å². The number of aromatic nitrogens is 1. The first-order valence-corrected chi connectivity index (χ1v) is 5.70. The lowest BCUT2D eigenvalue weighted by molar-refractivity contribution is 0.462. The number of nitrogens with one attached hydrogen (secondary N) is 1. The van der Waals surface area contributed by atoms with Crippen molar-refractivity contribution in [2.75, 3.05) is 5.32 Å². The molecule has 0 unspecified atom stereocenters. The van der Waals surface area contributed by atoms with Crippen LogP contribution in [0.2, 0.25) is 4.47 Å². The molecule has 0 atom stereocenters. The molecule has 2 rings (SSSR count). The molecule has 2 aromatic rings. The van der Waals surface area contributed by atoms with E-state index in [1.807, 2.05) is 0 Å². The molecule has 1 aromatic heterocycles. The third-order valence-corrected chi connectivity index (χ3v) is 3.07. The second kappa shape index (κ2) is 4.59. The Morgan fingerprint density at radius 2 is 2.19 bits per heavy atom. The molecule has 4 nitrogen and oxygen atoms in total. The Morgan fingerprint density at radius 1 is 1.38 bits per heavy atom. The molecule has 16 heavy (non-hydrogen) atoms. The van der Waals surface area contributed by atoms with Crippen molar-refractivity contribution >= 4 is 28.6 Å². The number of halogens is 1. The largest absolute Gasteiger partial charge is 0.508 e. The number of aromatic hydroxyl groups is 2. The molecule has 0 fully saturated rings. The van der Waals surface area contributed by atoms with Crippen molar-refractivity contribution in [3.8, 4) is 11.5 Å². The fourth-order valence-electron chi connectivity index (χ4n) is 1.21. The molecule has 6 heteroatoms. The number of nitrogens with zero attached hydrogens (tertiary/aromatic N) is 1. The number of rotatable bonds is 3. The third kappa shape index (κ3) is 2.56. The molecule has 0 saturated carbocycles. The summed E-state index contributed by atoms with van der Waals surface area (Å²) >= 11 is 7.05. The summed E-state index contributed by atoms with van der Waals surface area (Å²) in [4.78, 5) is 4.85. The second-order valence-electron chi connectivity index (χ2n) is 3.13. The maximum absolute atomic E-state index is 9.51. The van der Waals surface area contributed by atoms with Gasteiger partial charge in [0.15, 0.2) is 4.47 Å². The predicted molar refractivity (Wildman–Crippen MR) is 64.2 cm³/mol. The van der Waals surface area contributed by atoms with E-state index in [2.05, 4.69) is 10.3 Å². The number of anilines is 1. The van der Waals surface area contributed by atoms with E-state index in [4.69, 9.17) is 11.6 Å². The van der Waals surface area contributed by atoms with Gasteiger partial charge in [-0.3, -0.25) is 0 Å². The van der Waals surface area contributed by atoms with Crippen LogP contribution in [0.5, 0.6) is 11.5 Å². The van der Waals surface area contributed by atoms with Gasteiger partial charge in [-0.25, -0.2) is 4.98 Å². The first kappa shape index (κ1) is 11.0. The van der Waals surface area contributed by atoms with Gasteiger partial charge in [0.2, 0.25) is 0 Å². The van der Waals surface area contributed by atoms with E-state index in [0.717, 1.165) is 4.88 Å². The van der Waals surface area contributed by atoms with E-state index < -0.39 is 0 Å². The van der Waals surface area contributed by atoms with Crippen LogP contribution in [0.4, 0.5) is 5.69 Å². The highest BCUT2D eigenvalue weighted by molar-refractivity contribution is 7.15. The SMILES string of the molecule is Oc1ccc(O)c(NCc2cnc(Cl)s2)c1. The molecule has 1 heterocycles. The van der Waals surface area contributed by atoms with Gasteiger partial charge in [0.1, 0.15) is 11.5 Å². The summed E-state index contributed by atoms with van der Waals surface area (Å²) in [5.74, 6) is 0.191. The summed E-state index contributed by atoms with van der Waals surface area (Å²) in [7, 11) is 0. The maximum Gasteiger partial charge on any atom is 0.183 e. The molecule has 0 radical (unpaired) electrons. The summed E-state index contributed by atoms with van der Waals surface area (Å²) in [5.41, 5.74) is 0.476. The highest BCUT2D eigenvalue weighted by atomic mass is 35.5. The van der Waals surface area contributed by atoms with Gasteiger partial charge in [0.25, 0.3) is 0 Å². The van der Waals surface area contributed by atoms with Crippen molar-refractivity contribution in [1.82, 2.24) is 4.98 Å². The Labute approximate surface area is 101 Å². The van der Waals surface area contributed by atoms with Gasteiger partial charge in [-0.2, -0.15) is 0 Å². The Morgan fingerprint density at radius 3 is 2.88 bits per heavy atom. The fraction of sp³-hybridized carbons (Fsp3) is 0.100. The summed E-state index contributed by atoms with van der Waals surface area (Å²) in [6.07, 6.45) is 1.67. The van der Waals surface area contributed by atoms with Crippen LogP contribution < -0.4 is 5.32 Å². The molecule has 84 valence electrons. The highest BCUT2D eigenvalue weighted by Gasteiger charge is 2.03. The number of benzene rings is 1. The summed E-state index contributed by atoms with van der Waals surface area (Å²) in [6.45, 7) is 0.501. The van der Waals surface area contributed by atoms with Crippen LogP contribution in [-0.2, 0) is 6.54 Å². The zero-order chi connectivity index (χ0) is 11.5. The summed E-state index contributed by atoms with van der Waals surface area (Å²) < 4.78 is 0.483. The highest BCUT2D eigenvalue weighted by Crippen LogP contribution is 2.28. The van der Waals surface area contributed by atoms with E-state index in [9.17, 15) is 10.2 Å². The molecule has 0 aliphatic carbocycles. The maximum atomic E-state index is 9.51. The lowest BCUT2D eigenvalue weighted by atomic mass is 10.2. The van der Waals surface area contributed by atoms with Gasteiger partial charge in [-0.05, 0) is 12.1 Å². The topological polar surface area (TPSA) is 65.4 Å². The molecule has 1 aromatic carbocycles. The summed E-state index contributed by atoms with van der Waals surface area (Å²) in [5, 5.41) is 21.7. The Hall–Kier alpha value is -1.46. The second-order valence-corrected chi connectivity index (χ2v) is 4.83. The monoisotopic (exact) mass is 256 g/mol. The molecule has 0 aliphatic heterocycles. The molecule has 0 saturated heterocycles. The summed E-state index contributed by atoms with van der Waals surface area (Å²) in [6, 6.07) is 4.30. The Balaban J connectivity index is 2.07. The van der Waals surface area contributed by atoms with Crippen LogP contribution in [-0.4, -0.2) is 15.2 Å². The minimum Gasteiger partial charge on any atom is -0.508 e. The van der Waals surface area contributed by atoms with E-state index in [0.29, 0.717) is 16.7 Å². The van der Waals surface area contributed by atoms with E-state index in [-0.39, 0.29) is 11.5 Å². The Bertz CT molecular complexity index is 501. The first-order valence-electron chi connectivity index (χ1n) is 4.51. The third-order valence-electron chi connectivity index (χ3n) is 1.96. The van der Waals surface area contributed by atoms with Crippen LogP contribution in [0.3, 0.4) is 0 Å². The molecule has 0 spiro atoms. The van der Waals surface area contributed by atoms with E-state index in [1.54, 1.807) is 6.20 Å². The van der Waals surface area contributed by atoms with Crippen LogP contribution in [0, 0.1) is 0 Å². The first-order chi connectivity index (χ1) is 7.65. The zero-order valence-corrected chi connectivity index (χ0v) is 9.72. The number of thiazole rings is 1. The predicted octanol–water partition coefficient (Wildman–Crippen LogP) is 2.82. The van der Waals surface area contributed by atoms with Crippen LogP contribution in [0.15, 0.2) is 24.4 Å².